The molecule has 1 amide bonds. The highest BCUT2D eigenvalue weighted by Gasteiger charge is 2.32. The second kappa shape index (κ2) is 6.50. The average molecular weight is 269 g/mol. The van der Waals surface area contributed by atoms with Crippen LogP contribution in [0.5, 0.6) is 0 Å². The zero-order valence-corrected chi connectivity index (χ0v) is 11.5. The zero-order chi connectivity index (χ0) is 13.7. The van der Waals surface area contributed by atoms with Gasteiger partial charge in [-0.15, -0.1) is 0 Å². The van der Waals surface area contributed by atoms with E-state index in [1.807, 2.05) is 12.2 Å². The molecule has 0 aromatic carbocycles. The number of nitrogens with zero attached hydrogens (tertiary/aromatic N) is 1. The third kappa shape index (κ3) is 3.55. The van der Waals surface area contributed by atoms with E-state index in [4.69, 9.17) is 9.47 Å². The molecule has 19 heavy (non-hydrogen) atoms. The lowest BCUT2D eigenvalue weighted by atomic mass is 10.1. The fourth-order valence-corrected chi connectivity index (χ4v) is 2.61. The second-order valence-corrected chi connectivity index (χ2v) is 5.06. The van der Waals surface area contributed by atoms with Gasteiger partial charge in [0.15, 0.2) is 5.79 Å². The van der Waals surface area contributed by atoms with Crippen LogP contribution in [0.2, 0.25) is 0 Å². The summed E-state index contributed by atoms with van der Waals surface area (Å²) >= 11 is 0. The molecule has 0 spiro atoms. The van der Waals surface area contributed by atoms with Crippen molar-refractivity contribution < 1.29 is 19.4 Å². The lowest BCUT2D eigenvalue weighted by molar-refractivity contribution is -0.133. The number of carbonyl (C=O) groups is 1. The Morgan fingerprint density at radius 1 is 1.47 bits per heavy atom. The minimum Gasteiger partial charge on any atom is -0.374 e. The minimum absolute atomic E-state index is 0.0394. The van der Waals surface area contributed by atoms with Crippen LogP contribution in [0.25, 0.3) is 0 Å². The third-order valence-corrected chi connectivity index (χ3v) is 3.58. The first kappa shape index (κ1) is 14.5. The normalized spacial score (nSPS) is 26.7. The number of likely N-dealkylation sites (tertiary alicyclic amines) is 1. The molecular formula is C14H23NO4. The molecule has 0 aliphatic carbocycles. The van der Waals surface area contributed by atoms with Gasteiger partial charge in [-0.1, -0.05) is 19.4 Å². The summed E-state index contributed by atoms with van der Waals surface area (Å²) in [6.07, 6.45) is 6.88. The predicted octanol–water partition coefficient (Wildman–Crippen LogP) is 1.42. The molecule has 0 radical (unpaired) electrons. The Bertz CT molecular complexity index is 336. The SMILES string of the molecule is CCCC1(C=CCCN2C(=O)CCC2O)OCCO1. The van der Waals surface area contributed by atoms with Crippen molar-refractivity contribution in [3.8, 4) is 0 Å². The molecule has 5 nitrogen and oxygen atoms in total. The largest absolute Gasteiger partial charge is 0.374 e. The molecule has 1 unspecified atom stereocenters. The molecule has 0 bridgehead atoms. The molecule has 1 N–H and O–H groups in total. The molecule has 2 saturated heterocycles. The van der Waals surface area contributed by atoms with Crippen molar-refractivity contribution in [2.24, 2.45) is 0 Å². The van der Waals surface area contributed by atoms with Crippen LogP contribution in [-0.4, -0.2) is 47.7 Å². The van der Waals surface area contributed by atoms with Gasteiger partial charge in [-0.3, -0.25) is 4.79 Å². The number of ether oxygens (including phenoxy) is 2. The van der Waals surface area contributed by atoms with Crippen molar-refractivity contribution in [1.82, 2.24) is 4.90 Å². The van der Waals surface area contributed by atoms with Crippen LogP contribution in [0.3, 0.4) is 0 Å². The minimum atomic E-state index is -0.607. The van der Waals surface area contributed by atoms with Crippen LogP contribution in [0, 0.1) is 0 Å². The van der Waals surface area contributed by atoms with E-state index in [0.717, 1.165) is 12.8 Å². The maximum absolute atomic E-state index is 11.5. The summed E-state index contributed by atoms with van der Waals surface area (Å²) in [6, 6.07) is 0. The highest BCUT2D eigenvalue weighted by molar-refractivity contribution is 5.78. The van der Waals surface area contributed by atoms with Gasteiger partial charge >= 0.3 is 0 Å². The van der Waals surface area contributed by atoms with E-state index in [-0.39, 0.29) is 5.91 Å². The van der Waals surface area contributed by atoms with E-state index in [9.17, 15) is 9.90 Å². The molecule has 2 fully saturated rings. The first-order chi connectivity index (χ1) is 9.17. The average Bonchev–Trinajstić information content (AvgIpc) is 2.96. The number of hydrogen-bond acceptors (Lipinski definition) is 4. The van der Waals surface area contributed by atoms with Crippen molar-refractivity contribution in [1.29, 1.82) is 0 Å². The quantitative estimate of drug-likeness (QED) is 0.741. The second-order valence-electron chi connectivity index (χ2n) is 5.06. The fourth-order valence-electron chi connectivity index (χ4n) is 2.61. The van der Waals surface area contributed by atoms with E-state index in [2.05, 4.69) is 6.92 Å². The number of amides is 1. The lowest BCUT2D eigenvalue weighted by Gasteiger charge is -2.23. The Kier molecular flexibility index (Phi) is 4.96. The summed E-state index contributed by atoms with van der Waals surface area (Å²) in [4.78, 5) is 13.0. The van der Waals surface area contributed by atoms with Crippen LogP contribution < -0.4 is 0 Å². The molecule has 0 aromatic rings. The van der Waals surface area contributed by atoms with Gasteiger partial charge in [-0.2, -0.15) is 0 Å². The highest BCUT2D eigenvalue weighted by atomic mass is 16.7. The van der Waals surface area contributed by atoms with Crippen molar-refractivity contribution in [3.63, 3.8) is 0 Å². The van der Waals surface area contributed by atoms with E-state index in [1.54, 1.807) is 0 Å². The Morgan fingerprint density at radius 3 is 2.79 bits per heavy atom. The van der Waals surface area contributed by atoms with E-state index in [0.29, 0.717) is 39.0 Å². The maximum atomic E-state index is 11.5. The molecule has 0 aromatic heterocycles. The molecule has 2 heterocycles. The molecule has 1 atom stereocenters. The summed E-state index contributed by atoms with van der Waals surface area (Å²) in [5, 5.41) is 9.64. The number of aliphatic hydroxyl groups is 1. The Morgan fingerprint density at radius 2 is 2.21 bits per heavy atom. The topological polar surface area (TPSA) is 59.0 Å². The fraction of sp³-hybridized carbons (Fsp3) is 0.786. The lowest BCUT2D eigenvalue weighted by Crippen LogP contribution is -2.33. The molecule has 2 aliphatic rings. The highest BCUT2D eigenvalue weighted by Crippen LogP contribution is 2.26. The summed E-state index contributed by atoms with van der Waals surface area (Å²) in [5.41, 5.74) is 0. The third-order valence-electron chi connectivity index (χ3n) is 3.58. The van der Waals surface area contributed by atoms with Crippen molar-refractivity contribution >= 4 is 5.91 Å². The number of aliphatic hydroxyl groups excluding tert-OH is 1. The Hall–Kier alpha value is -0.910. The monoisotopic (exact) mass is 269 g/mol. The Balaban J connectivity index is 1.80. The first-order valence-corrected chi connectivity index (χ1v) is 7.10. The van der Waals surface area contributed by atoms with Crippen LogP contribution >= 0.6 is 0 Å². The van der Waals surface area contributed by atoms with Gasteiger partial charge in [0.2, 0.25) is 5.91 Å². The van der Waals surface area contributed by atoms with Gasteiger partial charge in [-0.25, -0.2) is 0 Å². The molecule has 5 heteroatoms. The Labute approximate surface area is 114 Å². The van der Waals surface area contributed by atoms with Gasteiger partial charge in [0.25, 0.3) is 0 Å². The maximum Gasteiger partial charge on any atom is 0.224 e. The molecular weight excluding hydrogens is 246 g/mol. The van der Waals surface area contributed by atoms with Gasteiger partial charge in [-0.05, 0) is 12.5 Å². The number of carbonyl (C=O) groups excluding carboxylic acids is 1. The van der Waals surface area contributed by atoms with Crippen LogP contribution in [0.4, 0.5) is 0 Å². The smallest absolute Gasteiger partial charge is 0.224 e. The summed E-state index contributed by atoms with van der Waals surface area (Å²) in [5.74, 6) is -0.528. The number of rotatable bonds is 6. The molecule has 0 saturated carbocycles. The predicted molar refractivity (Wildman–Crippen MR) is 70.3 cm³/mol. The van der Waals surface area contributed by atoms with Gasteiger partial charge in [0.05, 0.1) is 13.2 Å². The summed E-state index contributed by atoms with van der Waals surface area (Å²) < 4.78 is 11.3. The molecule has 108 valence electrons. The standard InChI is InChI=1S/C14H23NO4/c1-2-7-14(18-10-11-19-14)8-3-4-9-15-12(16)5-6-13(15)17/h3,8,12,16H,2,4-7,9-11H2,1H3. The first-order valence-electron chi connectivity index (χ1n) is 7.10. The van der Waals surface area contributed by atoms with Crippen molar-refractivity contribution in [2.75, 3.05) is 19.8 Å². The van der Waals surface area contributed by atoms with Gasteiger partial charge in [0, 0.05) is 25.8 Å². The summed E-state index contributed by atoms with van der Waals surface area (Å²) in [6.45, 7) is 3.92. The van der Waals surface area contributed by atoms with Gasteiger partial charge < -0.3 is 19.5 Å². The number of hydrogen-bond donors (Lipinski definition) is 1. The molecule has 2 aliphatic heterocycles. The van der Waals surface area contributed by atoms with Crippen molar-refractivity contribution in [2.45, 2.75) is 51.0 Å². The van der Waals surface area contributed by atoms with Crippen LogP contribution in [0.1, 0.15) is 39.0 Å². The molecule has 2 rings (SSSR count). The summed E-state index contributed by atoms with van der Waals surface area (Å²) in [7, 11) is 0. The van der Waals surface area contributed by atoms with Crippen LogP contribution in [-0.2, 0) is 14.3 Å². The zero-order valence-electron chi connectivity index (χ0n) is 11.5. The van der Waals surface area contributed by atoms with Crippen LogP contribution in [0.15, 0.2) is 12.2 Å². The van der Waals surface area contributed by atoms with E-state index >= 15 is 0 Å². The van der Waals surface area contributed by atoms with E-state index in [1.165, 1.54) is 4.90 Å². The van der Waals surface area contributed by atoms with Gasteiger partial charge in [0.1, 0.15) is 6.23 Å². The van der Waals surface area contributed by atoms with Crippen molar-refractivity contribution in [3.05, 3.63) is 12.2 Å². The van der Waals surface area contributed by atoms with E-state index < -0.39 is 12.0 Å².